The Morgan fingerprint density at radius 2 is 2.11 bits per heavy atom. The monoisotopic (exact) mass is 290 g/mol. The highest BCUT2D eigenvalue weighted by Gasteiger charge is 2.06. The highest BCUT2D eigenvalue weighted by molar-refractivity contribution is 7.98. The van der Waals surface area contributed by atoms with Crippen LogP contribution in [0.25, 0.3) is 11.1 Å². The molecule has 2 N–H and O–H groups in total. The van der Waals surface area contributed by atoms with Gasteiger partial charge in [-0.1, -0.05) is 17.7 Å². The summed E-state index contributed by atoms with van der Waals surface area (Å²) in [7, 11) is 0. The molecular weight excluding hydrogens is 280 g/mol. The number of oxazole rings is 1. The minimum Gasteiger partial charge on any atom is -0.440 e. The van der Waals surface area contributed by atoms with Gasteiger partial charge in [0.05, 0.1) is 5.75 Å². The van der Waals surface area contributed by atoms with E-state index in [-0.39, 0.29) is 0 Å². The summed E-state index contributed by atoms with van der Waals surface area (Å²) in [5, 5.41) is 0.732. The maximum Gasteiger partial charge on any atom is 0.205 e. The number of anilines is 1. The number of aromatic nitrogens is 1. The molecule has 3 rings (SSSR count). The molecule has 0 aliphatic rings. The van der Waals surface area contributed by atoms with Gasteiger partial charge in [-0.2, -0.15) is 0 Å². The Bertz CT molecular complexity index is 726. The number of hydrogen-bond acceptors (Lipinski definition) is 4. The number of hydrogen-bond donors (Lipinski definition) is 1. The van der Waals surface area contributed by atoms with Crippen LogP contribution in [0.4, 0.5) is 5.69 Å². The topological polar surface area (TPSA) is 52.0 Å². The molecule has 0 saturated carbocycles. The average Bonchev–Trinajstić information content (AvgIpc) is 2.78. The number of halogens is 1. The van der Waals surface area contributed by atoms with Crippen molar-refractivity contribution in [3.63, 3.8) is 0 Å². The summed E-state index contributed by atoms with van der Waals surface area (Å²) in [6.07, 6.45) is 0. The van der Waals surface area contributed by atoms with E-state index in [9.17, 15) is 0 Å². The third-order valence-corrected chi connectivity index (χ3v) is 3.83. The number of rotatable bonds is 3. The molecule has 0 atom stereocenters. The zero-order chi connectivity index (χ0) is 13.2. The molecule has 3 nitrogen and oxygen atoms in total. The van der Waals surface area contributed by atoms with Crippen LogP contribution in [0.2, 0.25) is 5.02 Å². The summed E-state index contributed by atoms with van der Waals surface area (Å²) < 4.78 is 5.65. The van der Waals surface area contributed by atoms with Crippen molar-refractivity contribution in [1.82, 2.24) is 4.98 Å². The lowest BCUT2D eigenvalue weighted by atomic mass is 10.3. The normalized spacial score (nSPS) is 11.0. The van der Waals surface area contributed by atoms with Crippen LogP contribution in [-0.4, -0.2) is 4.98 Å². The van der Waals surface area contributed by atoms with E-state index < -0.39 is 0 Å². The SMILES string of the molecule is Nc1ccc2oc(CSc3cccc(Cl)c3)nc2c1. The van der Waals surface area contributed by atoms with Gasteiger partial charge in [-0.3, -0.25) is 0 Å². The number of benzene rings is 2. The Kier molecular flexibility index (Phi) is 3.36. The molecule has 2 aromatic carbocycles. The van der Waals surface area contributed by atoms with Gasteiger partial charge in [0.2, 0.25) is 5.89 Å². The molecule has 5 heteroatoms. The average molecular weight is 291 g/mol. The summed E-state index contributed by atoms with van der Waals surface area (Å²) in [6, 6.07) is 13.2. The lowest BCUT2D eigenvalue weighted by Crippen LogP contribution is -1.82. The van der Waals surface area contributed by atoms with Crippen molar-refractivity contribution in [2.45, 2.75) is 10.6 Å². The zero-order valence-corrected chi connectivity index (χ0v) is 11.5. The van der Waals surface area contributed by atoms with E-state index >= 15 is 0 Å². The quantitative estimate of drug-likeness (QED) is 0.575. The second-order valence-corrected chi connectivity index (χ2v) is 5.57. The summed E-state index contributed by atoms with van der Waals surface area (Å²) >= 11 is 7.58. The lowest BCUT2D eigenvalue weighted by Gasteiger charge is -1.98. The van der Waals surface area contributed by atoms with Crippen LogP contribution in [0.3, 0.4) is 0 Å². The summed E-state index contributed by atoms with van der Waals surface area (Å²) in [4.78, 5) is 5.50. The highest BCUT2D eigenvalue weighted by Crippen LogP contribution is 2.27. The van der Waals surface area contributed by atoms with Crippen LogP contribution in [0.1, 0.15) is 5.89 Å². The Morgan fingerprint density at radius 1 is 1.21 bits per heavy atom. The van der Waals surface area contributed by atoms with Crippen molar-refractivity contribution in [2.24, 2.45) is 0 Å². The summed E-state index contributed by atoms with van der Waals surface area (Å²) in [5.74, 6) is 1.35. The maximum absolute atomic E-state index is 5.94. The third-order valence-electron chi connectivity index (χ3n) is 2.61. The van der Waals surface area contributed by atoms with Crippen LogP contribution in [-0.2, 0) is 5.75 Å². The third kappa shape index (κ3) is 2.85. The first kappa shape index (κ1) is 12.4. The van der Waals surface area contributed by atoms with Gasteiger partial charge >= 0.3 is 0 Å². The lowest BCUT2D eigenvalue weighted by molar-refractivity contribution is 0.556. The van der Waals surface area contributed by atoms with Crippen LogP contribution in [0.15, 0.2) is 51.8 Å². The van der Waals surface area contributed by atoms with Gasteiger partial charge in [-0.25, -0.2) is 4.98 Å². The predicted molar refractivity (Wildman–Crippen MR) is 79.4 cm³/mol. The first-order valence-electron chi connectivity index (χ1n) is 5.74. The molecule has 0 bridgehead atoms. The molecule has 0 aliphatic heterocycles. The van der Waals surface area contributed by atoms with Gasteiger partial charge in [0.25, 0.3) is 0 Å². The maximum atomic E-state index is 5.94. The fourth-order valence-electron chi connectivity index (χ4n) is 1.76. The minimum absolute atomic E-state index is 0.662. The number of fused-ring (bicyclic) bond motifs is 1. The van der Waals surface area contributed by atoms with E-state index in [0.29, 0.717) is 17.3 Å². The van der Waals surface area contributed by atoms with Gasteiger partial charge in [0.1, 0.15) is 5.52 Å². The standard InChI is InChI=1S/C14H11ClN2OS/c15-9-2-1-3-11(6-9)19-8-14-17-12-7-10(16)4-5-13(12)18-14/h1-7H,8,16H2. The molecular formula is C14H11ClN2OS. The van der Waals surface area contributed by atoms with Crippen LogP contribution in [0.5, 0.6) is 0 Å². The second kappa shape index (κ2) is 5.15. The minimum atomic E-state index is 0.662. The van der Waals surface area contributed by atoms with Gasteiger partial charge in [-0.05, 0) is 36.4 Å². The van der Waals surface area contributed by atoms with Crippen molar-refractivity contribution in [1.29, 1.82) is 0 Å². The fourth-order valence-corrected chi connectivity index (χ4v) is 2.81. The zero-order valence-electron chi connectivity index (χ0n) is 9.97. The Balaban J connectivity index is 1.78. The molecule has 3 aromatic rings. The Hall–Kier alpha value is -1.65. The number of nitrogens with two attached hydrogens (primary N) is 1. The second-order valence-electron chi connectivity index (χ2n) is 4.08. The fraction of sp³-hybridized carbons (Fsp3) is 0.0714. The molecule has 96 valence electrons. The molecule has 0 spiro atoms. The van der Waals surface area contributed by atoms with Gasteiger partial charge in [0, 0.05) is 15.6 Å². The van der Waals surface area contributed by atoms with Crippen LogP contribution < -0.4 is 5.73 Å². The molecule has 0 amide bonds. The number of nitrogens with zero attached hydrogens (tertiary/aromatic N) is 1. The predicted octanol–water partition coefficient (Wildman–Crippen LogP) is 4.36. The first-order chi connectivity index (χ1) is 9.20. The van der Waals surface area contributed by atoms with E-state index in [1.807, 2.05) is 36.4 Å². The van der Waals surface area contributed by atoms with E-state index in [1.54, 1.807) is 17.8 Å². The molecule has 0 aliphatic carbocycles. The van der Waals surface area contributed by atoms with Crippen LogP contribution >= 0.6 is 23.4 Å². The van der Waals surface area contributed by atoms with Crippen molar-refractivity contribution in [3.05, 3.63) is 53.4 Å². The van der Waals surface area contributed by atoms with E-state index in [2.05, 4.69) is 4.98 Å². The van der Waals surface area contributed by atoms with Gasteiger partial charge < -0.3 is 10.2 Å². The van der Waals surface area contributed by atoms with Crippen molar-refractivity contribution in [3.8, 4) is 0 Å². The van der Waals surface area contributed by atoms with E-state index in [1.165, 1.54) is 0 Å². The van der Waals surface area contributed by atoms with E-state index in [4.69, 9.17) is 21.8 Å². The van der Waals surface area contributed by atoms with E-state index in [0.717, 1.165) is 21.0 Å². The van der Waals surface area contributed by atoms with Crippen molar-refractivity contribution >= 4 is 40.1 Å². The van der Waals surface area contributed by atoms with Crippen molar-refractivity contribution in [2.75, 3.05) is 5.73 Å². The molecule has 1 aromatic heterocycles. The molecule has 0 saturated heterocycles. The molecule has 0 radical (unpaired) electrons. The molecule has 0 unspecified atom stereocenters. The Labute approximate surface area is 119 Å². The van der Waals surface area contributed by atoms with Gasteiger partial charge in [-0.15, -0.1) is 11.8 Å². The number of nitrogen functional groups attached to an aromatic ring is 1. The first-order valence-corrected chi connectivity index (χ1v) is 7.10. The Morgan fingerprint density at radius 3 is 2.95 bits per heavy atom. The van der Waals surface area contributed by atoms with Crippen molar-refractivity contribution < 1.29 is 4.42 Å². The smallest absolute Gasteiger partial charge is 0.205 e. The molecule has 19 heavy (non-hydrogen) atoms. The van der Waals surface area contributed by atoms with Crippen LogP contribution in [0, 0.1) is 0 Å². The summed E-state index contributed by atoms with van der Waals surface area (Å²) in [5.41, 5.74) is 7.96. The molecule has 1 heterocycles. The molecule has 0 fully saturated rings. The summed E-state index contributed by atoms with van der Waals surface area (Å²) in [6.45, 7) is 0. The highest BCUT2D eigenvalue weighted by atomic mass is 35.5. The largest absolute Gasteiger partial charge is 0.440 e. The number of thioether (sulfide) groups is 1. The van der Waals surface area contributed by atoms with Gasteiger partial charge in [0.15, 0.2) is 5.58 Å².